The molecule has 0 aliphatic rings. The van der Waals surface area contributed by atoms with Crippen molar-refractivity contribution in [2.75, 3.05) is 20.3 Å². The summed E-state index contributed by atoms with van der Waals surface area (Å²) in [5.41, 5.74) is 6.33. The van der Waals surface area contributed by atoms with Crippen LogP contribution < -0.4 is 20.5 Å². The van der Waals surface area contributed by atoms with Crippen molar-refractivity contribution in [2.45, 2.75) is 26.8 Å². The number of hydrogen-bond donors (Lipinski definition) is 2. The van der Waals surface area contributed by atoms with Gasteiger partial charge in [-0.15, -0.1) is 0 Å². The van der Waals surface area contributed by atoms with Crippen LogP contribution in [0.2, 0.25) is 0 Å². The van der Waals surface area contributed by atoms with Crippen LogP contribution in [0.15, 0.2) is 18.2 Å². The monoisotopic (exact) mass is 280 g/mol. The molecule has 0 radical (unpaired) electrons. The van der Waals surface area contributed by atoms with Crippen molar-refractivity contribution in [3.63, 3.8) is 0 Å². The summed E-state index contributed by atoms with van der Waals surface area (Å²) in [6, 6.07) is 5.78. The van der Waals surface area contributed by atoms with E-state index < -0.39 is 0 Å². The van der Waals surface area contributed by atoms with Crippen molar-refractivity contribution in [2.24, 2.45) is 11.7 Å². The number of methoxy groups -OCH3 is 1. The van der Waals surface area contributed by atoms with Gasteiger partial charge in [-0.2, -0.15) is 0 Å². The summed E-state index contributed by atoms with van der Waals surface area (Å²) in [7, 11) is 1.60. The van der Waals surface area contributed by atoms with Gasteiger partial charge in [0.15, 0.2) is 11.5 Å². The number of nitrogens with one attached hydrogen (secondary N) is 1. The molecule has 0 aliphatic carbocycles. The molecular formula is C15H24N2O3. The van der Waals surface area contributed by atoms with Crippen LogP contribution in [0.3, 0.4) is 0 Å². The molecule has 1 aromatic carbocycles. The second-order valence-corrected chi connectivity index (χ2v) is 4.78. The van der Waals surface area contributed by atoms with Gasteiger partial charge in [0, 0.05) is 6.54 Å². The van der Waals surface area contributed by atoms with Crippen LogP contribution in [0.4, 0.5) is 0 Å². The minimum Gasteiger partial charge on any atom is -0.493 e. The van der Waals surface area contributed by atoms with E-state index in [0.29, 0.717) is 11.5 Å². The minimum absolute atomic E-state index is 0.249. The summed E-state index contributed by atoms with van der Waals surface area (Å²) < 4.78 is 10.9. The van der Waals surface area contributed by atoms with Crippen LogP contribution >= 0.6 is 0 Å². The molecule has 112 valence electrons. The molecule has 0 fully saturated rings. The Balaban J connectivity index is 2.65. The van der Waals surface area contributed by atoms with Gasteiger partial charge in [0.2, 0.25) is 5.91 Å². The average Bonchev–Trinajstić information content (AvgIpc) is 2.45. The van der Waals surface area contributed by atoms with Gasteiger partial charge in [-0.1, -0.05) is 19.9 Å². The molecule has 1 atom stereocenters. The smallest absolute Gasteiger partial charge is 0.223 e. The Hall–Kier alpha value is -1.75. The molecule has 0 aliphatic heterocycles. The van der Waals surface area contributed by atoms with Gasteiger partial charge in [-0.25, -0.2) is 0 Å². The van der Waals surface area contributed by atoms with Crippen LogP contribution in [-0.2, 0) is 11.3 Å². The third-order valence-electron chi connectivity index (χ3n) is 2.96. The van der Waals surface area contributed by atoms with Crippen LogP contribution in [0.25, 0.3) is 0 Å². The molecule has 5 nitrogen and oxygen atoms in total. The Bertz CT molecular complexity index is 435. The number of rotatable bonds is 9. The van der Waals surface area contributed by atoms with Crippen molar-refractivity contribution in [1.29, 1.82) is 0 Å². The number of nitrogens with two attached hydrogens (primary N) is 1. The molecule has 0 saturated heterocycles. The average molecular weight is 280 g/mol. The molecule has 0 aromatic heterocycles. The highest BCUT2D eigenvalue weighted by atomic mass is 16.5. The standard InChI is InChI=1S/C15H24N2O3/c1-4-7-17-9-12-5-6-13(14(8-12)19-3)20-10-11(2)15(16)18/h5-6,8,11,17H,4,7,9-10H2,1-3H3,(H2,16,18). The first-order chi connectivity index (χ1) is 9.58. The quantitative estimate of drug-likeness (QED) is 0.675. The Morgan fingerprint density at radius 2 is 2.15 bits per heavy atom. The first-order valence-corrected chi connectivity index (χ1v) is 6.88. The summed E-state index contributed by atoms with van der Waals surface area (Å²) in [5.74, 6) is 0.590. The lowest BCUT2D eigenvalue weighted by atomic mass is 10.2. The number of amides is 1. The number of ether oxygens (including phenoxy) is 2. The van der Waals surface area contributed by atoms with Crippen molar-refractivity contribution in [3.8, 4) is 11.5 Å². The molecule has 0 heterocycles. The third-order valence-corrected chi connectivity index (χ3v) is 2.96. The highest BCUT2D eigenvalue weighted by molar-refractivity contribution is 5.76. The minimum atomic E-state index is -0.371. The van der Waals surface area contributed by atoms with E-state index >= 15 is 0 Å². The molecule has 0 saturated carbocycles. The van der Waals surface area contributed by atoms with Gasteiger partial charge in [0.1, 0.15) is 0 Å². The first-order valence-electron chi connectivity index (χ1n) is 6.88. The largest absolute Gasteiger partial charge is 0.493 e. The Morgan fingerprint density at radius 1 is 1.40 bits per heavy atom. The molecular weight excluding hydrogens is 256 g/mol. The Kier molecular flexibility index (Phi) is 6.87. The van der Waals surface area contributed by atoms with E-state index in [4.69, 9.17) is 15.2 Å². The summed E-state index contributed by atoms with van der Waals surface area (Å²) in [5, 5.41) is 3.33. The fourth-order valence-electron chi connectivity index (χ4n) is 1.65. The zero-order chi connectivity index (χ0) is 15.0. The van der Waals surface area contributed by atoms with E-state index in [-0.39, 0.29) is 18.4 Å². The van der Waals surface area contributed by atoms with Crippen LogP contribution in [0, 0.1) is 5.92 Å². The second-order valence-electron chi connectivity index (χ2n) is 4.78. The van der Waals surface area contributed by atoms with Crippen LogP contribution in [0.1, 0.15) is 25.8 Å². The Morgan fingerprint density at radius 3 is 2.75 bits per heavy atom. The summed E-state index contributed by atoms with van der Waals surface area (Å²) >= 11 is 0. The number of carbonyl (C=O) groups excluding carboxylic acids is 1. The molecule has 1 unspecified atom stereocenters. The fraction of sp³-hybridized carbons (Fsp3) is 0.533. The number of benzene rings is 1. The summed E-state index contributed by atoms with van der Waals surface area (Å²) in [6.45, 7) is 5.89. The van der Waals surface area contributed by atoms with Crippen LogP contribution in [-0.4, -0.2) is 26.2 Å². The lowest BCUT2D eigenvalue weighted by Crippen LogP contribution is -2.25. The van der Waals surface area contributed by atoms with Crippen molar-refractivity contribution >= 4 is 5.91 Å². The highest BCUT2D eigenvalue weighted by Gasteiger charge is 2.12. The number of hydrogen-bond acceptors (Lipinski definition) is 4. The topological polar surface area (TPSA) is 73.6 Å². The zero-order valence-electron chi connectivity index (χ0n) is 12.4. The number of carbonyl (C=O) groups is 1. The number of primary amides is 1. The maximum Gasteiger partial charge on any atom is 0.223 e. The van der Waals surface area contributed by atoms with E-state index in [0.717, 1.165) is 25.1 Å². The van der Waals surface area contributed by atoms with Crippen molar-refractivity contribution < 1.29 is 14.3 Å². The van der Waals surface area contributed by atoms with Gasteiger partial charge >= 0.3 is 0 Å². The molecule has 1 amide bonds. The molecule has 0 spiro atoms. The third kappa shape index (κ3) is 5.09. The highest BCUT2D eigenvalue weighted by Crippen LogP contribution is 2.28. The zero-order valence-corrected chi connectivity index (χ0v) is 12.4. The van der Waals surface area contributed by atoms with Gasteiger partial charge in [-0.3, -0.25) is 4.79 Å². The lowest BCUT2D eigenvalue weighted by Gasteiger charge is -2.14. The molecule has 1 rings (SSSR count). The van der Waals surface area contributed by atoms with Gasteiger partial charge in [0.05, 0.1) is 19.6 Å². The molecule has 5 heteroatoms. The van der Waals surface area contributed by atoms with Crippen LogP contribution in [0.5, 0.6) is 11.5 Å². The SMILES string of the molecule is CCCNCc1ccc(OCC(C)C(N)=O)c(OC)c1. The van der Waals surface area contributed by atoms with Crippen molar-refractivity contribution in [3.05, 3.63) is 23.8 Å². The van der Waals surface area contributed by atoms with Gasteiger partial charge in [0.25, 0.3) is 0 Å². The maximum atomic E-state index is 11.0. The molecule has 1 aromatic rings. The maximum absolute atomic E-state index is 11.0. The summed E-state index contributed by atoms with van der Waals surface area (Å²) in [4.78, 5) is 11.0. The van der Waals surface area contributed by atoms with E-state index in [2.05, 4.69) is 12.2 Å². The Labute approximate surface area is 120 Å². The lowest BCUT2D eigenvalue weighted by molar-refractivity contribution is -0.122. The predicted molar refractivity (Wildman–Crippen MR) is 78.8 cm³/mol. The normalized spacial score (nSPS) is 11.9. The molecule has 0 bridgehead atoms. The van der Waals surface area contributed by atoms with Crippen molar-refractivity contribution in [1.82, 2.24) is 5.32 Å². The van der Waals surface area contributed by atoms with E-state index in [1.807, 2.05) is 18.2 Å². The van der Waals surface area contributed by atoms with E-state index in [1.165, 1.54) is 0 Å². The predicted octanol–water partition coefficient (Wildman–Crippen LogP) is 1.69. The molecule has 3 N–H and O–H groups in total. The molecule has 20 heavy (non-hydrogen) atoms. The second kappa shape index (κ2) is 8.43. The first kappa shape index (κ1) is 16.3. The fourth-order valence-corrected chi connectivity index (χ4v) is 1.65. The summed E-state index contributed by atoms with van der Waals surface area (Å²) in [6.07, 6.45) is 1.10. The van der Waals surface area contributed by atoms with Gasteiger partial charge < -0.3 is 20.5 Å². The van der Waals surface area contributed by atoms with Gasteiger partial charge in [-0.05, 0) is 30.7 Å². The van der Waals surface area contributed by atoms with E-state index in [9.17, 15) is 4.79 Å². The van der Waals surface area contributed by atoms with E-state index in [1.54, 1.807) is 14.0 Å².